The van der Waals surface area contributed by atoms with Gasteiger partial charge in [-0.1, -0.05) is 12.1 Å². The maximum Gasteiger partial charge on any atom is 0.170 e. The lowest BCUT2D eigenvalue weighted by Gasteiger charge is -2.04. The van der Waals surface area contributed by atoms with Crippen LogP contribution in [0.15, 0.2) is 36.5 Å². The summed E-state index contributed by atoms with van der Waals surface area (Å²) in [5.74, 6) is 0.00195. The Labute approximate surface area is 106 Å². The zero-order chi connectivity index (χ0) is 13.1. The Balaban J connectivity index is 2.14. The normalized spacial score (nSPS) is 10.8. The second-order valence-electron chi connectivity index (χ2n) is 4.57. The lowest BCUT2D eigenvalue weighted by Crippen LogP contribution is -2.08. The van der Waals surface area contributed by atoms with E-state index in [-0.39, 0.29) is 12.2 Å². The molecule has 0 aliphatic heterocycles. The highest BCUT2D eigenvalue weighted by Gasteiger charge is 2.12. The van der Waals surface area contributed by atoms with Crippen molar-refractivity contribution in [1.29, 1.82) is 0 Å². The van der Waals surface area contributed by atoms with Crippen molar-refractivity contribution in [2.75, 3.05) is 5.73 Å². The summed E-state index contributed by atoms with van der Waals surface area (Å²) in [6.45, 7) is 4.10. The van der Waals surface area contributed by atoms with E-state index in [1.165, 1.54) is 0 Å². The minimum Gasteiger partial charge on any atom is -0.398 e. The molecule has 1 heterocycles. The lowest BCUT2D eigenvalue weighted by molar-refractivity contribution is 0.0992. The molecular formula is C14H17N3O. The van der Waals surface area contributed by atoms with Gasteiger partial charge in [0.2, 0.25) is 0 Å². The molecule has 2 N–H and O–H groups in total. The van der Waals surface area contributed by atoms with Gasteiger partial charge < -0.3 is 5.73 Å². The van der Waals surface area contributed by atoms with E-state index in [4.69, 9.17) is 5.73 Å². The molecule has 2 aromatic rings. The van der Waals surface area contributed by atoms with E-state index in [2.05, 4.69) is 5.10 Å². The molecule has 0 radical (unpaired) electrons. The quantitative estimate of drug-likeness (QED) is 0.663. The van der Waals surface area contributed by atoms with Crippen LogP contribution < -0.4 is 5.73 Å². The molecule has 1 aromatic heterocycles. The molecule has 0 spiro atoms. The molecule has 0 saturated heterocycles. The van der Waals surface area contributed by atoms with Crippen LogP contribution in [0.25, 0.3) is 0 Å². The summed E-state index contributed by atoms with van der Waals surface area (Å²) < 4.78 is 1.84. The predicted octanol–water partition coefficient (Wildman–Crippen LogP) is 2.47. The van der Waals surface area contributed by atoms with Crippen LogP contribution in [0.5, 0.6) is 0 Å². The van der Waals surface area contributed by atoms with Gasteiger partial charge in [-0.25, -0.2) is 0 Å². The van der Waals surface area contributed by atoms with E-state index in [0.717, 1.165) is 5.69 Å². The van der Waals surface area contributed by atoms with Gasteiger partial charge in [0, 0.05) is 23.5 Å². The van der Waals surface area contributed by atoms with Gasteiger partial charge in [0.1, 0.15) is 0 Å². The number of nitrogens with zero attached hydrogens (tertiary/aromatic N) is 2. The summed E-state index contributed by atoms with van der Waals surface area (Å²) in [7, 11) is 0. The third kappa shape index (κ3) is 2.59. The standard InChI is InChI=1S/C14H17N3O/c1-10(2)17-8-7-11(16-17)9-14(18)12-5-3-4-6-13(12)15/h3-8,10H,9,15H2,1-2H3. The number of Topliss-reactive ketones (excluding diaryl/α,β-unsaturated/α-hetero) is 1. The molecule has 0 unspecified atom stereocenters. The number of para-hydroxylation sites is 1. The SMILES string of the molecule is CC(C)n1ccc(CC(=O)c2ccccc2N)n1. The molecule has 94 valence electrons. The molecule has 4 nitrogen and oxygen atoms in total. The monoisotopic (exact) mass is 243 g/mol. The number of benzene rings is 1. The van der Waals surface area contributed by atoms with Gasteiger partial charge in [0.25, 0.3) is 0 Å². The number of rotatable bonds is 4. The number of aromatic nitrogens is 2. The zero-order valence-corrected chi connectivity index (χ0v) is 10.6. The summed E-state index contributed by atoms with van der Waals surface area (Å²) in [6.07, 6.45) is 2.18. The van der Waals surface area contributed by atoms with Crippen molar-refractivity contribution in [3.05, 3.63) is 47.8 Å². The Morgan fingerprint density at radius 2 is 2.06 bits per heavy atom. The van der Waals surface area contributed by atoms with Crippen molar-refractivity contribution in [2.24, 2.45) is 0 Å². The number of hydrogen-bond donors (Lipinski definition) is 1. The van der Waals surface area contributed by atoms with Crippen LogP contribution in [-0.2, 0) is 6.42 Å². The van der Waals surface area contributed by atoms with Crippen molar-refractivity contribution in [3.8, 4) is 0 Å². The molecule has 0 fully saturated rings. The van der Waals surface area contributed by atoms with Crippen molar-refractivity contribution in [2.45, 2.75) is 26.3 Å². The fraction of sp³-hybridized carbons (Fsp3) is 0.286. The first-order valence-electron chi connectivity index (χ1n) is 5.99. The molecule has 2 rings (SSSR count). The van der Waals surface area contributed by atoms with Crippen molar-refractivity contribution in [3.63, 3.8) is 0 Å². The second-order valence-corrected chi connectivity index (χ2v) is 4.57. The van der Waals surface area contributed by atoms with Crippen molar-refractivity contribution >= 4 is 11.5 Å². The van der Waals surface area contributed by atoms with Gasteiger partial charge in [0.15, 0.2) is 5.78 Å². The minimum absolute atomic E-state index is 0.00195. The van der Waals surface area contributed by atoms with Crippen LogP contribution >= 0.6 is 0 Å². The van der Waals surface area contributed by atoms with Crippen LogP contribution in [0.4, 0.5) is 5.69 Å². The first-order valence-corrected chi connectivity index (χ1v) is 5.99. The van der Waals surface area contributed by atoms with Crippen LogP contribution in [0.2, 0.25) is 0 Å². The largest absolute Gasteiger partial charge is 0.398 e. The molecule has 0 amide bonds. The van der Waals surface area contributed by atoms with Crippen LogP contribution in [0.1, 0.15) is 35.9 Å². The fourth-order valence-electron chi connectivity index (χ4n) is 1.77. The number of carbonyl (C=O) groups excluding carboxylic acids is 1. The van der Waals surface area contributed by atoms with E-state index >= 15 is 0 Å². The summed E-state index contributed by atoms with van der Waals surface area (Å²) >= 11 is 0. The van der Waals surface area contributed by atoms with Gasteiger partial charge in [-0.3, -0.25) is 9.48 Å². The molecule has 0 saturated carbocycles. The lowest BCUT2D eigenvalue weighted by atomic mass is 10.1. The summed E-state index contributed by atoms with van der Waals surface area (Å²) in [4.78, 5) is 12.1. The molecule has 0 aliphatic rings. The molecule has 4 heteroatoms. The maximum absolute atomic E-state index is 12.1. The third-order valence-corrected chi connectivity index (χ3v) is 2.80. The molecule has 1 aromatic carbocycles. The highest BCUT2D eigenvalue weighted by atomic mass is 16.1. The highest BCUT2D eigenvalue weighted by molar-refractivity contribution is 6.01. The number of ketones is 1. The zero-order valence-electron chi connectivity index (χ0n) is 10.6. The molecule has 0 atom stereocenters. The minimum atomic E-state index is 0.00195. The van der Waals surface area contributed by atoms with E-state index in [1.54, 1.807) is 12.1 Å². The Morgan fingerprint density at radius 3 is 2.67 bits per heavy atom. The summed E-state index contributed by atoms with van der Waals surface area (Å²) in [6, 6.07) is 9.29. The number of carbonyl (C=O) groups is 1. The molecule has 18 heavy (non-hydrogen) atoms. The Kier molecular flexibility index (Phi) is 3.46. The molecule has 0 aliphatic carbocycles. The maximum atomic E-state index is 12.1. The van der Waals surface area contributed by atoms with Crippen LogP contribution in [-0.4, -0.2) is 15.6 Å². The Morgan fingerprint density at radius 1 is 1.33 bits per heavy atom. The summed E-state index contributed by atoms with van der Waals surface area (Å²) in [5, 5.41) is 4.36. The predicted molar refractivity (Wildman–Crippen MR) is 71.5 cm³/mol. The van der Waals surface area contributed by atoms with Crippen molar-refractivity contribution < 1.29 is 4.79 Å². The van der Waals surface area contributed by atoms with Crippen LogP contribution in [0, 0.1) is 0 Å². The fourth-order valence-corrected chi connectivity index (χ4v) is 1.77. The topological polar surface area (TPSA) is 60.9 Å². The summed E-state index contributed by atoms with van der Waals surface area (Å²) in [5.41, 5.74) is 7.64. The number of hydrogen-bond acceptors (Lipinski definition) is 3. The second kappa shape index (κ2) is 5.04. The van der Waals surface area contributed by atoms with E-state index in [1.807, 2.05) is 42.9 Å². The number of anilines is 1. The van der Waals surface area contributed by atoms with E-state index in [9.17, 15) is 4.79 Å². The first kappa shape index (κ1) is 12.4. The van der Waals surface area contributed by atoms with Gasteiger partial charge in [-0.2, -0.15) is 5.10 Å². The van der Waals surface area contributed by atoms with E-state index < -0.39 is 0 Å². The average Bonchev–Trinajstić information content (AvgIpc) is 2.78. The molecule has 0 bridgehead atoms. The van der Waals surface area contributed by atoms with Gasteiger partial charge >= 0.3 is 0 Å². The number of nitrogen functional groups attached to an aromatic ring is 1. The van der Waals surface area contributed by atoms with Crippen LogP contribution in [0.3, 0.4) is 0 Å². The Hall–Kier alpha value is -2.10. The van der Waals surface area contributed by atoms with E-state index in [0.29, 0.717) is 17.3 Å². The molecular weight excluding hydrogens is 226 g/mol. The van der Waals surface area contributed by atoms with Gasteiger partial charge in [-0.15, -0.1) is 0 Å². The first-order chi connectivity index (χ1) is 8.58. The van der Waals surface area contributed by atoms with Gasteiger partial charge in [-0.05, 0) is 32.0 Å². The third-order valence-electron chi connectivity index (χ3n) is 2.80. The Bertz CT molecular complexity index is 558. The number of nitrogens with two attached hydrogens (primary N) is 1. The van der Waals surface area contributed by atoms with Crippen molar-refractivity contribution in [1.82, 2.24) is 9.78 Å². The van der Waals surface area contributed by atoms with Gasteiger partial charge in [0.05, 0.1) is 12.1 Å². The smallest absolute Gasteiger partial charge is 0.170 e. The average molecular weight is 243 g/mol. The highest BCUT2D eigenvalue weighted by Crippen LogP contribution is 2.14.